The lowest BCUT2D eigenvalue weighted by Gasteiger charge is -2.24. The van der Waals surface area contributed by atoms with Crippen LogP contribution in [0.4, 0.5) is 5.69 Å². The van der Waals surface area contributed by atoms with E-state index >= 15 is 0 Å². The first kappa shape index (κ1) is 14.2. The molecular formula is C16H13Cl2NO2. The minimum absolute atomic E-state index is 0.103. The van der Waals surface area contributed by atoms with Gasteiger partial charge in [0.2, 0.25) is 5.91 Å². The van der Waals surface area contributed by atoms with E-state index in [0.29, 0.717) is 28.8 Å². The molecule has 1 N–H and O–H groups in total. The zero-order valence-electron chi connectivity index (χ0n) is 11.1. The zero-order chi connectivity index (χ0) is 14.8. The van der Waals surface area contributed by atoms with Crippen molar-refractivity contribution in [3.8, 4) is 5.75 Å². The van der Waals surface area contributed by atoms with Crippen LogP contribution < -0.4 is 10.1 Å². The van der Waals surface area contributed by atoms with Crippen LogP contribution in [0.5, 0.6) is 5.75 Å². The fourth-order valence-electron chi connectivity index (χ4n) is 2.33. The number of nitrogens with one attached hydrogen (secondary N) is 1. The van der Waals surface area contributed by atoms with E-state index in [1.807, 2.05) is 24.3 Å². The van der Waals surface area contributed by atoms with Gasteiger partial charge in [-0.25, -0.2) is 0 Å². The number of para-hydroxylation sites is 1. The smallest absolute Gasteiger partial charge is 0.231 e. The van der Waals surface area contributed by atoms with Crippen molar-refractivity contribution in [3.63, 3.8) is 0 Å². The van der Waals surface area contributed by atoms with Crippen molar-refractivity contribution in [2.75, 3.05) is 11.9 Å². The van der Waals surface area contributed by atoms with Gasteiger partial charge in [0.05, 0.1) is 16.6 Å². The normalized spacial score (nSPS) is 16.8. The largest absolute Gasteiger partial charge is 0.492 e. The van der Waals surface area contributed by atoms with Gasteiger partial charge in [-0.05, 0) is 42.3 Å². The average Bonchev–Trinajstić information content (AvgIpc) is 2.48. The molecule has 0 bridgehead atoms. The molecule has 1 amide bonds. The molecule has 0 saturated carbocycles. The molecule has 3 nitrogen and oxygen atoms in total. The SMILES string of the molecule is O=C(Nc1ccccc1Cl)C1COc2ccc(Cl)cc2C1. The second-order valence-corrected chi connectivity index (χ2v) is 5.78. The molecular weight excluding hydrogens is 309 g/mol. The molecule has 3 rings (SSSR count). The molecule has 21 heavy (non-hydrogen) atoms. The van der Waals surface area contributed by atoms with Crippen LogP contribution in [0, 0.1) is 5.92 Å². The Morgan fingerprint density at radius 1 is 1.19 bits per heavy atom. The molecule has 0 radical (unpaired) electrons. The highest BCUT2D eigenvalue weighted by atomic mass is 35.5. The van der Waals surface area contributed by atoms with Gasteiger partial charge in [0.25, 0.3) is 0 Å². The van der Waals surface area contributed by atoms with Crippen molar-refractivity contribution in [3.05, 3.63) is 58.1 Å². The van der Waals surface area contributed by atoms with Crippen molar-refractivity contribution in [2.45, 2.75) is 6.42 Å². The summed E-state index contributed by atoms with van der Waals surface area (Å²) in [4.78, 5) is 12.3. The van der Waals surface area contributed by atoms with Gasteiger partial charge in [0.15, 0.2) is 0 Å². The van der Waals surface area contributed by atoms with Crippen LogP contribution in [0.1, 0.15) is 5.56 Å². The van der Waals surface area contributed by atoms with Crippen LogP contribution in [0.3, 0.4) is 0 Å². The summed E-state index contributed by atoms with van der Waals surface area (Å²) in [6, 6.07) is 12.6. The summed E-state index contributed by atoms with van der Waals surface area (Å²) in [5.74, 6) is 0.433. The molecule has 108 valence electrons. The second kappa shape index (κ2) is 5.96. The monoisotopic (exact) mass is 321 g/mol. The van der Waals surface area contributed by atoms with Crippen LogP contribution >= 0.6 is 23.2 Å². The summed E-state index contributed by atoms with van der Waals surface area (Å²) in [7, 11) is 0. The Morgan fingerprint density at radius 2 is 2.00 bits per heavy atom. The van der Waals surface area contributed by atoms with Crippen molar-refractivity contribution < 1.29 is 9.53 Å². The predicted molar refractivity (Wildman–Crippen MR) is 84.2 cm³/mol. The van der Waals surface area contributed by atoms with E-state index in [9.17, 15) is 4.79 Å². The van der Waals surface area contributed by atoms with Crippen LogP contribution in [0.15, 0.2) is 42.5 Å². The molecule has 1 heterocycles. The second-order valence-electron chi connectivity index (χ2n) is 4.93. The van der Waals surface area contributed by atoms with E-state index in [0.717, 1.165) is 11.3 Å². The van der Waals surface area contributed by atoms with Gasteiger partial charge in [-0.15, -0.1) is 0 Å². The maximum absolute atomic E-state index is 12.3. The molecule has 2 aromatic rings. The fraction of sp³-hybridized carbons (Fsp3) is 0.188. The number of rotatable bonds is 2. The maximum Gasteiger partial charge on any atom is 0.231 e. The first-order chi connectivity index (χ1) is 10.1. The Labute approximate surface area is 132 Å². The van der Waals surface area contributed by atoms with Crippen LogP contribution in [0.2, 0.25) is 10.0 Å². The number of anilines is 1. The Hall–Kier alpha value is -1.71. The first-order valence-electron chi connectivity index (χ1n) is 6.60. The third kappa shape index (κ3) is 3.14. The fourth-order valence-corrected chi connectivity index (χ4v) is 2.71. The summed E-state index contributed by atoms with van der Waals surface area (Å²) in [5.41, 5.74) is 1.56. The van der Waals surface area contributed by atoms with Gasteiger partial charge in [0, 0.05) is 5.02 Å². The number of carbonyl (C=O) groups is 1. The summed E-state index contributed by atoms with van der Waals surface area (Å²) >= 11 is 12.0. The molecule has 5 heteroatoms. The van der Waals surface area contributed by atoms with E-state index < -0.39 is 0 Å². The third-order valence-electron chi connectivity index (χ3n) is 3.43. The number of hydrogen-bond donors (Lipinski definition) is 1. The molecule has 2 aromatic carbocycles. The predicted octanol–water partition coefficient (Wildman–Crippen LogP) is 4.18. The quantitative estimate of drug-likeness (QED) is 0.900. The topological polar surface area (TPSA) is 38.3 Å². The summed E-state index contributed by atoms with van der Waals surface area (Å²) in [5, 5.41) is 4.00. The third-order valence-corrected chi connectivity index (χ3v) is 4.00. The van der Waals surface area contributed by atoms with Crippen molar-refractivity contribution in [1.82, 2.24) is 0 Å². The Balaban J connectivity index is 1.74. The number of amides is 1. The van der Waals surface area contributed by atoms with Crippen molar-refractivity contribution in [1.29, 1.82) is 0 Å². The van der Waals surface area contributed by atoms with E-state index in [4.69, 9.17) is 27.9 Å². The lowest BCUT2D eigenvalue weighted by atomic mass is 9.96. The highest BCUT2D eigenvalue weighted by Crippen LogP contribution is 2.30. The highest BCUT2D eigenvalue weighted by Gasteiger charge is 2.26. The van der Waals surface area contributed by atoms with Gasteiger partial charge < -0.3 is 10.1 Å². The molecule has 0 aromatic heterocycles. The van der Waals surface area contributed by atoms with Crippen LogP contribution in [-0.4, -0.2) is 12.5 Å². The van der Waals surface area contributed by atoms with E-state index in [2.05, 4.69) is 5.32 Å². The Bertz CT molecular complexity index is 688. The molecule has 0 spiro atoms. The number of hydrogen-bond acceptors (Lipinski definition) is 2. The lowest BCUT2D eigenvalue weighted by Crippen LogP contribution is -2.32. The van der Waals surface area contributed by atoms with E-state index in [1.165, 1.54) is 0 Å². The van der Waals surface area contributed by atoms with Gasteiger partial charge in [-0.3, -0.25) is 4.79 Å². The number of fused-ring (bicyclic) bond motifs is 1. The zero-order valence-corrected chi connectivity index (χ0v) is 12.6. The molecule has 1 unspecified atom stereocenters. The van der Waals surface area contributed by atoms with Gasteiger partial charge in [-0.2, -0.15) is 0 Å². The number of benzene rings is 2. The molecule has 0 fully saturated rings. The van der Waals surface area contributed by atoms with Crippen LogP contribution in [-0.2, 0) is 11.2 Å². The Morgan fingerprint density at radius 3 is 2.81 bits per heavy atom. The van der Waals surface area contributed by atoms with Crippen molar-refractivity contribution >= 4 is 34.8 Å². The number of carbonyl (C=O) groups excluding carboxylic acids is 1. The molecule has 1 atom stereocenters. The lowest BCUT2D eigenvalue weighted by molar-refractivity contribution is -0.121. The van der Waals surface area contributed by atoms with Gasteiger partial charge >= 0.3 is 0 Å². The standard InChI is InChI=1S/C16H13Cl2NO2/c17-12-5-6-15-10(8-12)7-11(9-21-15)16(20)19-14-4-2-1-3-13(14)18/h1-6,8,11H,7,9H2,(H,19,20). The number of halogens is 2. The van der Waals surface area contributed by atoms with Gasteiger partial charge in [0.1, 0.15) is 12.4 Å². The molecule has 1 aliphatic rings. The maximum atomic E-state index is 12.3. The first-order valence-corrected chi connectivity index (χ1v) is 7.35. The molecule has 0 saturated heterocycles. The summed E-state index contributed by atoms with van der Waals surface area (Å²) in [6.45, 7) is 0.352. The molecule has 1 aliphatic heterocycles. The number of ether oxygens (including phenoxy) is 1. The van der Waals surface area contributed by atoms with E-state index in [1.54, 1.807) is 18.2 Å². The van der Waals surface area contributed by atoms with Crippen LogP contribution in [0.25, 0.3) is 0 Å². The van der Waals surface area contributed by atoms with E-state index in [-0.39, 0.29) is 11.8 Å². The van der Waals surface area contributed by atoms with Gasteiger partial charge in [-0.1, -0.05) is 35.3 Å². The van der Waals surface area contributed by atoms with Crippen molar-refractivity contribution in [2.24, 2.45) is 5.92 Å². The summed E-state index contributed by atoms with van der Waals surface area (Å²) in [6.07, 6.45) is 0.603. The summed E-state index contributed by atoms with van der Waals surface area (Å²) < 4.78 is 5.63. The highest BCUT2D eigenvalue weighted by molar-refractivity contribution is 6.33. The minimum Gasteiger partial charge on any atom is -0.492 e. The Kier molecular flexibility index (Phi) is 4.04. The minimum atomic E-state index is -0.257. The molecule has 0 aliphatic carbocycles. The average molecular weight is 322 g/mol.